The van der Waals surface area contributed by atoms with E-state index in [1.165, 1.54) is 161 Å². The predicted octanol–water partition coefficient (Wildman–Crippen LogP) is 11.5. The summed E-state index contributed by atoms with van der Waals surface area (Å²) in [6.07, 6.45) is 42.7. The number of allylic oxidation sites excluding steroid dienone is 2. The van der Waals surface area contributed by atoms with Crippen molar-refractivity contribution in [2.45, 2.75) is 225 Å². The number of amides is 1. The van der Waals surface area contributed by atoms with Crippen molar-refractivity contribution < 1.29 is 15.0 Å². The van der Waals surface area contributed by atoms with Crippen LogP contribution in [0.25, 0.3) is 0 Å². The highest BCUT2D eigenvalue weighted by Gasteiger charge is 2.19. The molecule has 4 heteroatoms. The van der Waals surface area contributed by atoms with Crippen molar-refractivity contribution in [3.63, 3.8) is 0 Å². The number of nitrogens with one attached hydrogen (secondary N) is 1. The zero-order valence-electron chi connectivity index (χ0n) is 29.2. The minimum Gasteiger partial charge on any atom is -0.394 e. The van der Waals surface area contributed by atoms with Crippen LogP contribution in [0.5, 0.6) is 0 Å². The van der Waals surface area contributed by atoms with Crippen LogP contribution in [-0.2, 0) is 4.79 Å². The Bertz CT molecular complexity index is 579. The Labute approximate surface area is 269 Å². The molecule has 0 bridgehead atoms. The molecule has 0 spiro atoms. The Morgan fingerprint density at radius 2 is 0.884 bits per heavy atom. The summed E-state index contributed by atoms with van der Waals surface area (Å²) in [6, 6.07) is -0.535. The van der Waals surface area contributed by atoms with Gasteiger partial charge in [-0.15, -0.1) is 0 Å². The average molecular weight is 608 g/mol. The van der Waals surface area contributed by atoms with Crippen LogP contribution >= 0.6 is 0 Å². The number of aliphatic hydroxyl groups excluding tert-OH is 2. The van der Waals surface area contributed by atoms with Gasteiger partial charge >= 0.3 is 0 Å². The number of rotatable bonds is 35. The summed E-state index contributed by atoms with van der Waals surface area (Å²) in [5.41, 5.74) is 0. The summed E-state index contributed by atoms with van der Waals surface area (Å²) in [6.45, 7) is 4.35. The molecule has 3 N–H and O–H groups in total. The Balaban J connectivity index is 3.55. The third kappa shape index (κ3) is 32.3. The van der Waals surface area contributed by atoms with E-state index in [0.29, 0.717) is 12.8 Å². The fraction of sp³-hybridized carbons (Fsp3) is 0.923. The van der Waals surface area contributed by atoms with E-state index in [2.05, 4.69) is 31.3 Å². The van der Waals surface area contributed by atoms with Crippen LogP contribution in [-0.4, -0.2) is 34.9 Å². The molecule has 0 aliphatic carbocycles. The van der Waals surface area contributed by atoms with Crippen LogP contribution < -0.4 is 5.32 Å². The highest BCUT2D eigenvalue weighted by Crippen LogP contribution is 2.15. The number of unbranched alkanes of at least 4 members (excludes halogenated alkanes) is 26. The molecule has 4 nitrogen and oxygen atoms in total. The minimum absolute atomic E-state index is 0.0392. The van der Waals surface area contributed by atoms with Crippen molar-refractivity contribution in [1.82, 2.24) is 5.32 Å². The van der Waals surface area contributed by atoms with Gasteiger partial charge in [0, 0.05) is 6.42 Å². The van der Waals surface area contributed by atoms with Gasteiger partial charge in [0.05, 0.1) is 18.8 Å². The van der Waals surface area contributed by atoms with Gasteiger partial charge in [0.25, 0.3) is 0 Å². The number of carbonyl (C=O) groups excluding carboxylic acids is 1. The van der Waals surface area contributed by atoms with E-state index in [1.54, 1.807) is 0 Å². The number of carbonyl (C=O) groups is 1. The van der Waals surface area contributed by atoms with E-state index in [1.807, 2.05) is 0 Å². The van der Waals surface area contributed by atoms with Crippen molar-refractivity contribution in [3.05, 3.63) is 12.2 Å². The fourth-order valence-corrected chi connectivity index (χ4v) is 6.00. The Kier molecular flexibility index (Phi) is 34.9. The number of aliphatic hydroxyl groups is 2. The largest absolute Gasteiger partial charge is 0.394 e. The molecule has 0 fully saturated rings. The lowest BCUT2D eigenvalue weighted by atomic mass is 10.0. The van der Waals surface area contributed by atoms with E-state index >= 15 is 0 Å². The SMILES string of the molecule is CCCCCCCC/C=C\CCCCCCCC(=O)NC(CO)C(O)CCCCCCCCCCCCCCCCCC. The summed E-state index contributed by atoms with van der Waals surface area (Å²) in [5, 5.41) is 23.1. The molecule has 256 valence electrons. The van der Waals surface area contributed by atoms with E-state index in [0.717, 1.165) is 25.7 Å². The summed E-state index contributed by atoms with van der Waals surface area (Å²) in [5.74, 6) is -0.0392. The van der Waals surface area contributed by atoms with Gasteiger partial charge in [0.15, 0.2) is 0 Å². The molecule has 0 aromatic carbocycles. The van der Waals surface area contributed by atoms with Crippen LogP contribution in [0.1, 0.15) is 213 Å². The summed E-state index contributed by atoms with van der Waals surface area (Å²) < 4.78 is 0. The molecule has 0 rings (SSSR count). The van der Waals surface area contributed by atoms with E-state index < -0.39 is 12.1 Å². The Morgan fingerprint density at radius 1 is 0.535 bits per heavy atom. The molecule has 1 amide bonds. The number of hydrogen-bond donors (Lipinski definition) is 3. The lowest BCUT2D eigenvalue weighted by molar-refractivity contribution is -0.123. The lowest BCUT2D eigenvalue weighted by Crippen LogP contribution is -2.45. The molecule has 43 heavy (non-hydrogen) atoms. The van der Waals surface area contributed by atoms with Crippen molar-refractivity contribution in [1.29, 1.82) is 0 Å². The third-order valence-electron chi connectivity index (χ3n) is 9.03. The highest BCUT2D eigenvalue weighted by atomic mass is 16.3. The van der Waals surface area contributed by atoms with Crippen LogP contribution in [0.4, 0.5) is 0 Å². The quantitative estimate of drug-likeness (QED) is 0.0496. The standard InChI is InChI=1S/C39H77NO3/c1-3-5-7-9-11-13-15-17-19-21-22-24-26-28-30-32-34-38(42)37(36-41)40-39(43)35-33-31-29-27-25-23-20-18-16-14-12-10-8-6-4-2/h18,20,37-38,41-42H,3-17,19,21-36H2,1-2H3,(H,40,43)/b20-18-. The molecule has 0 aromatic rings. The molecule has 0 saturated heterocycles. The van der Waals surface area contributed by atoms with Gasteiger partial charge < -0.3 is 15.5 Å². The van der Waals surface area contributed by atoms with Crippen molar-refractivity contribution in [3.8, 4) is 0 Å². The summed E-state index contributed by atoms with van der Waals surface area (Å²) in [7, 11) is 0. The van der Waals surface area contributed by atoms with E-state index in [9.17, 15) is 15.0 Å². The first-order valence-corrected chi connectivity index (χ1v) is 19.4. The molecule has 0 aliphatic rings. The predicted molar refractivity (Wildman–Crippen MR) is 189 cm³/mol. The van der Waals surface area contributed by atoms with Gasteiger partial charge in [0.1, 0.15) is 0 Å². The van der Waals surface area contributed by atoms with E-state index in [4.69, 9.17) is 0 Å². The maximum atomic E-state index is 12.3. The zero-order chi connectivity index (χ0) is 31.5. The molecule has 2 unspecified atom stereocenters. The average Bonchev–Trinajstić information content (AvgIpc) is 3.01. The van der Waals surface area contributed by atoms with Crippen LogP contribution in [0.2, 0.25) is 0 Å². The topological polar surface area (TPSA) is 69.6 Å². The summed E-state index contributed by atoms with van der Waals surface area (Å²) in [4.78, 5) is 12.3. The van der Waals surface area contributed by atoms with Gasteiger partial charge in [-0.1, -0.05) is 180 Å². The number of hydrogen-bond acceptors (Lipinski definition) is 3. The molecule has 2 atom stereocenters. The maximum absolute atomic E-state index is 12.3. The molecule has 0 aromatic heterocycles. The molecule has 0 aliphatic heterocycles. The molecular formula is C39H77NO3. The molecular weight excluding hydrogens is 530 g/mol. The van der Waals surface area contributed by atoms with Crippen LogP contribution in [0, 0.1) is 0 Å². The first-order chi connectivity index (χ1) is 21.2. The first-order valence-electron chi connectivity index (χ1n) is 19.4. The Hall–Kier alpha value is -0.870. The lowest BCUT2D eigenvalue weighted by Gasteiger charge is -2.22. The van der Waals surface area contributed by atoms with Gasteiger partial charge in [-0.2, -0.15) is 0 Å². The first kappa shape index (κ1) is 42.1. The van der Waals surface area contributed by atoms with E-state index in [-0.39, 0.29) is 12.5 Å². The highest BCUT2D eigenvalue weighted by molar-refractivity contribution is 5.76. The van der Waals surface area contributed by atoms with Crippen molar-refractivity contribution >= 4 is 5.91 Å². The second-order valence-electron chi connectivity index (χ2n) is 13.4. The smallest absolute Gasteiger partial charge is 0.220 e. The monoisotopic (exact) mass is 608 g/mol. The van der Waals surface area contributed by atoms with Gasteiger partial charge in [-0.25, -0.2) is 0 Å². The molecule has 0 radical (unpaired) electrons. The summed E-state index contributed by atoms with van der Waals surface area (Å²) >= 11 is 0. The third-order valence-corrected chi connectivity index (χ3v) is 9.03. The molecule has 0 saturated carbocycles. The van der Waals surface area contributed by atoms with Gasteiger partial charge in [0.2, 0.25) is 5.91 Å². The second-order valence-corrected chi connectivity index (χ2v) is 13.4. The normalized spacial score (nSPS) is 13.1. The van der Waals surface area contributed by atoms with Crippen molar-refractivity contribution in [2.75, 3.05) is 6.61 Å². The molecule has 0 heterocycles. The van der Waals surface area contributed by atoms with Crippen LogP contribution in [0.15, 0.2) is 12.2 Å². The van der Waals surface area contributed by atoms with Gasteiger partial charge in [-0.3, -0.25) is 4.79 Å². The zero-order valence-corrected chi connectivity index (χ0v) is 29.2. The van der Waals surface area contributed by atoms with Crippen molar-refractivity contribution in [2.24, 2.45) is 0 Å². The minimum atomic E-state index is -0.658. The fourth-order valence-electron chi connectivity index (χ4n) is 6.00. The van der Waals surface area contributed by atoms with Gasteiger partial charge in [-0.05, 0) is 38.5 Å². The van der Waals surface area contributed by atoms with Crippen LogP contribution in [0.3, 0.4) is 0 Å². The Morgan fingerprint density at radius 3 is 1.28 bits per heavy atom. The maximum Gasteiger partial charge on any atom is 0.220 e. The second kappa shape index (κ2) is 35.6.